The van der Waals surface area contributed by atoms with Gasteiger partial charge in [0.2, 0.25) is 5.91 Å². The largest absolute Gasteiger partial charge is 0.361 e. The number of likely N-dealkylation sites (tertiary alicyclic amines) is 1. The van der Waals surface area contributed by atoms with E-state index in [1.54, 1.807) is 6.92 Å². The van der Waals surface area contributed by atoms with Crippen LogP contribution in [0.4, 0.5) is 0 Å². The molecule has 1 atom stereocenters. The number of imidazole rings is 1. The highest BCUT2D eigenvalue weighted by Gasteiger charge is 2.25. The minimum Gasteiger partial charge on any atom is -0.361 e. The van der Waals surface area contributed by atoms with Crippen molar-refractivity contribution in [2.45, 2.75) is 59.4 Å². The molecule has 2 aromatic heterocycles. The molecule has 1 amide bonds. The summed E-state index contributed by atoms with van der Waals surface area (Å²) in [5, 5.41) is 4.89. The molecule has 1 saturated heterocycles. The van der Waals surface area contributed by atoms with Gasteiger partial charge < -0.3 is 14.0 Å². The highest BCUT2D eigenvalue weighted by molar-refractivity contribution is 6.30. The minimum atomic E-state index is 0.172. The van der Waals surface area contributed by atoms with Gasteiger partial charge in [0.15, 0.2) is 0 Å². The average Bonchev–Trinajstić information content (AvgIpc) is 3.39. The van der Waals surface area contributed by atoms with Gasteiger partial charge in [0.25, 0.3) is 0 Å². The van der Waals surface area contributed by atoms with E-state index in [1.165, 1.54) is 5.56 Å². The number of nitrogens with zero attached hydrogens (tertiary/aromatic N) is 4. The fourth-order valence-electron chi connectivity index (χ4n) is 5.52. The number of halogens is 1. The maximum atomic E-state index is 11.8. The van der Waals surface area contributed by atoms with Gasteiger partial charge in [0.05, 0.1) is 16.7 Å². The van der Waals surface area contributed by atoms with Crippen LogP contribution in [0.2, 0.25) is 5.02 Å². The van der Waals surface area contributed by atoms with E-state index in [4.69, 9.17) is 21.1 Å². The van der Waals surface area contributed by atoms with Gasteiger partial charge in [-0.05, 0) is 74.4 Å². The standard InChI is InChI=1S/C29H33ClN4O2/c1-18(15-22-5-8-25(30)9-6-22)29-31-26-16-24(28-19(2)32-36-20(28)3)7-10-27(26)34(29)17-23-11-13-33(14-12-23)21(4)35/h5-10,16,18,23H,11-15,17H2,1-4H3/t18-/m1/s1. The fourth-order valence-corrected chi connectivity index (χ4v) is 5.65. The molecule has 0 unspecified atom stereocenters. The Morgan fingerprint density at radius 3 is 2.50 bits per heavy atom. The van der Waals surface area contributed by atoms with E-state index in [9.17, 15) is 4.79 Å². The van der Waals surface area contributed by atoms with Crippen LogP contribution in [0.15, 0.2) is 47.0 Å². The second-order valence-corrected chi connectivity index (χ2v) is 10.6. The molecule has 4 aromatic rings. The topological polar surface area (TPSA) is 64.2 Å². The SMILES string of the molecule is CC(=O)N1CCC(Cn2c([C@H](C)Cc3ccc(Cl)cc3)nc3cc(-c4c(C)noc4C)ccc32)CC1. The molecule has 0 N–H and O–H groups in total. The molecule has 5 rings (SSSR count). The molecule has 1 aliphatic heterocycles. The molecule has 0 radical (unpaired) electrons. The second-order valence-electron chi connectivity index (χ2n) is 10.2. The number of carbonyl (C=O) groups is 1. The average molecular weight is 505 g/mol. The van der Waals surface area contributed by atoms with E-state index in [0.29, 0.717) is 5.92 Å². The maximum Gasteiger partial charge on any atom is 0.219 e. The third-order valence-corrected chi connectivity index (χ3v) is 7.75. The van der Waals surface area contributed by atoms with Crippen LogP contribution in [0, 0.1) is 19.8 Å². The summed E-state index contributed by atoms with van der Waals surface area (Å²) >= 11 is 6.11. The summed E-state index contributed by atoms with van der Waals surface area (Å²) < 4.78 is 7.83. The molecular formula is C29H33ClN4O2. The molecule has 0 bridgehead atoms. The summed E-state index contributed by atoms with van der Waals surface area (Å²) in [4.78, 5) is 19.0. The Balaban J connectivity index is 1.50. The van der Waals surface area contributed by atoms with Crippen molar-refractivity contribution in [2.75, 3.05) is 13.1 Å². The van der Waals surface area contributed by atoms with Crippen LogP contribution in [-0.2, 0) is 17.8 Å². The first-order valence-corrected chi connectivity index (χ1v) is 13.1. The van der Waals surface area contributed by atoms with Crippen molar-refractivity contribution in [2.24, 2.45) is 5.92 Å². The monoisotopic (exact) mass is 504 g/mol. The predicted octanol–water partition coefficient (Wildman–Crippen LogP) is 6.57. The molecule has 36 heavy (non-hydrogen) atoms. The number of fused-ring (bicyclic) bond motifs is 1. The molecule has 0 saturated carbocycles. The fraction of sp³-hybridized carbons (Fsp3) is 0.414. The Kier molecular flexibility index (Phi) is 6.89. The number of rotatable bonds is 6. The van der Waals surface area contributed by atoms with Gasteiger partial charge in [-0.2, -0.15) is 0 Å². The van der Waals surface area contributed by atoms with Gasteiger partial charge in [0.1, 0.15) is 11.6 Å². The van der Waals surface area contributed by atoms with Gasteiger partial charge in [-0.1, -0.05) is 41.9 Å². The Morgan fingerprint density at radius 2 is 1.86 bits per heavy atom. The van der Waals surface area contributed by atoms with Crippen LogP contribution in [0.3, 0.4) is 0 Å². The van der Waals surface area contributed by atoms with Crippen LogP contribution in [0.25, 0.3) is 22.2 Å². The first kappa shape index (κ1) is 24.6. The molecule has 1 fully saturated rings. The van der Waals surface area contributed by atoms with Crippen molar-refractivity contribution >= 4 is 28.5 Å². The van der Waals surface area contributed by atoms with E-state index in [2.05, 4.69) is 47.0 Å². The zero-order valence-corrected chi connectivity index (χ0v) is 22.2. The lowest BCUT2D eigenvalue weighted by Crippen LogP contribution is -2.38. The number of hydrogen-bond donors (Lipinski definition) is 0. The number of piperidine rings is 1. The summed E-state index contributed by atoms with van der Waals surface area (Å²) in [6.07, 6.45) is 2.92. The highest BCUT2D eigenvalue weighted by atomic mass is 35.5. The van der Waals surface area contributed by atoms with Crippen molar-refractivity contribution in [3.8, 4) is 11.1 Å². The lowest BCUT2D eigenvalue weighted by molar-refractivity contribution is -0.130. The second kappa shape index (κ2) is 10.1. The molecule has 1 aliphatic rings. The Hall–Kier alpha value is -3.12. The molecule has 2 aromatic carbocycles. The first-order chi connectivity index (χ1) is 17.3. The Labute approximate surface area is 217 Å². The first-order valence-electron chi connectivity index (χ1n) is 12.7. The van der Waals surface area contributed by atoms with Gasteiger partial charge >= 0.3 is 0 Å². The van der Waals surface area contributed by atoms with Gasteiger partial charge in [0, 0.05) is 43.1 Å². The van der Waals surface area contributed by atoms with Crippen molar-refractivity contribution in [3.05, 3.63) is 70.3 Å². The predicted molar refractivity (Wildman–Crippen MR) is 143 cm³/mol. The zero-order chi connectivity index (χ0) is 25.4. The molecule has 188 valence electrons. The van der Waals surface area contributed by atoms with Crippen molar-refractivity contribution in [1.82, 2.24) is 19.6 Å². The number of aryl methyl sites for hydroxylation is 2. The highest BCUT2D eigenvalue weighted by Crippen LogP contribution is 2.33. The number of benzene rings is 2. The summed E-state index contributed by atoms with van der Waals surface area (Å²) in [5.74, 6) is 2.84. The van der Waals surface area contributed by atoms with Crippen LogP contribution in [0.5, 0.6) is 0 Å². The van der Waals surface area contributed by atoms with E-state index < -0.39 is 0 Å². The molecule has 3 heterocycles. The van der Waals surface area contributed by atoms with Crippen LogP contribution >= 0.6 is 11.6 Å². The lowest BCUT2D eigenvalue weighted by Gasteiger charge is -2.32. The molecule has 0 spiro atoms. The normalized spacial score (nSPS) is 15.5. The van der Waals surface area contributed by atoms with Gasteiger partial charge in [-0.25, -0.2) is 4.98 Å². The van der Waals surface area contributed by atoms with Gasteiger partial charge in [-0.15, -0.1) is 0 Å². The zero-order valence-electron chi connectivity index (χ0n) is 21.4. The quantitative estimate of drug-likeness (QED) is 0.298. The number of hydrogen-bond acceptors (Lipinski definition) is 4. The van der Waals surface area contributed by atoms with Crippen molar-refractivity contribution in [3.63, 3.8) is 0 Å². The minimum absolute atomic E-state index is 0.172. The molecule has 0 aliphatic carbocycles. The van der Waals surface area contributed by atoms with E-state index in [0.717, 1.165) is 83.4 Å². The number of carbonyl (C=O) groups excluding carboxylic acids is 1. The molecule has 6 nitrogen and oxygen atoms in total. The number of aromatic nitrogens is 3. The van der Waals surface area contributed by atoms with Crippen LogP contribution < -0.4 is 0 Å². The van der Waals surface area contributed by atoms with E-state index >= 15 is 0 Å². The third-order valence-electron chi connectivity index (χ3n) is 7.50. The summed E-state index contributed by atoms with van der Waals surface area (Å²) in [5.41, 5.74) is 6.40. The van der Waals surface area contributed by atoms with Crippen LogP contribution in [-0.4, -0.2) is 38.6 Å². The van der Waals surface area contributed by atoms with Gasteiger partial charge in [-0.3, -0.25) is 4.79 Å². The maximum absolute atomic E-state index is 11.8. The Morgan fingerprint density at radius 1 is 1.14 bits per heavy atom. The molecule has 7 heteroatoms. The van der Waals surface area contributed by atoms with Crippen molar-refractivity contribution < 1.29 is 9.32 Å². The van der Waals surface area contributed by atoms with Crippen LogP contribution in [0.1, 0.15) is 55.4 Å². The Bertz CT molecular complexity index is 1360. The van der Waals surface area contributed by atoms with E-state index in [1.807, 2.05) is 30.9 Å². The lowest BCUT2D eigenvalue weighted by atomic mass is 9.95. The molecular weight excluding hydrogens is 472 g/mol. The smallest absolute Gasteiger partial charge is 0.219 e. The number of amides is 1. The van der Waals surface area contributed by atoms with E-state index in [-0.39, 0.29) is 11.8 Å². The van der Waals surface area contributed by atoms with Crippen molar-refractivity contribution in [1.29, 1.82) is 0 Å². The summed E-state index contributed by atoms with van der Waals surface area (Å²) in [6.45, 7) is 10.4. The summed E-state index contributed by atoms with van der Waals surface area (Å²) in [7, 11) is 0. The third kappa shape index (κ3) is 4.92. The summed E-state index contributed by atoms with van der Waals surface area (Å²) in [6, 6.07) is 14.6.